The molecule has 1 unspecified atom stereocenters. The Kier molecular flexibility index (Phi) is 5.79. The molecule has 3 heteroatoms. The minimum absolute atomic E-state index is 0.176. The zero-order valence-electron chi connectivity index (χ0n) is 11.0. The van der Waals surface area contributed by atoms with Crippen LogP contribution in [0.15, 0.2) is 18.2 Å². The van der Waals surface area contributed by atoms with Crippen molar-refractivity contribution in [3.8, 4) is 0 Å². The molecule has 0 aliphatic carbocycles. The first kappa shape index (κ1) is 14.3. The van der Waals surface area contributed by atoms with Crippen LogP contribution in [0.5, 0.6) is 0 Å². The van der Waals surface area contributed by atoms with Gasteiger partial charge in [-0.2, -0.15) is 0 Å². The van der Waals surface area contributed by atoms with Crippen LogP contribution in [0, 0.1) is 0 Å². The normalized spacial score (nSPS) is 12.5. The van der Waals surface area contributed by atoms with E-state index in [9.17, 15) is 0 Å². The van der Waals surface area contributed by atoms with Crippen molar-refractivity contribution >= 4 is 17.3 Å². The van der Waals surface area contributed by atoms with Crippen molar-refractivity contribution in [3.05, 3.63) is 28.8 Å². The molecule has 0 saturated carbocycles. The number of hydrogen-bond acceptors (Lipinski definition) is 2. The second-order valence-electron chi connectivity index (χ2n) is 4.55. The molecule has 2 nitrogen and oxygen atoms in total. The Hall–Kier alpha value is -0.730. The SMILES string of the molecule is CCCN(CC)c1ccc(CC(C)N)cc1Cl. The Morgan fingerprint density at radius 3 is 2.53 bits per heavy atom. The van der Waals surface area contributed by atoms with Crippen molar-refractivity contribution < 1.29 is 0 Å². The van der Waals surface area contributed by atoms with Gasteiger partial charge >= 0.3 is 0 Å². The van der Waals surface area contributed by atoms with Gasteiger partial charge in [0.15, 0.2) is 0 Å². The van der Waals surface area contributed by atoms with Crippen LogP contribution in [0.3, 0.4) is 0 Å². The second-order valence-corrected chi connectivity index (χ2v) is 4.95. The van der Waals surface area contributed by atoms with Gasteiger partial charge in [0, 0.05) is 19.1 Å². The maximum Gasteiger partial charge on any atom is 0.0642 e. The summed E-state index contributed by atoms with van der Waals surface area (Å²) in [6, 6.07) is 6.45. The Morgan fingerprint density at radius 1 is 1.35 bits per heavy atom. The van der Waals surface area contributed by atoms with Crippen molar-refractivity contribution in [2.75, 3.05) is 18.0 Å². The third kappa shape index (κ3) is 4.21. The van der Waals surface area contributed by atoms with Gasteiger partial charge in [0.05, 0.1) is 10.7 Å². The van der Waals surface area contributed by atoms with Gasteiger partial charge in [-0.15, -0.1) is 0 Å². The molecule has 0 amide bonds. The lowest BCUT2D eigenvalue weighted by Crippen LogP contribution is -2.24. The lowest BCUT2D eigenvalue weighted by atomic mass is 10.1. The van der Waals surface area contributed by atoms with E-state index in [4.69, 9.17) is 17.3 Å². The van der Waals surface area contributed by atoms with E-state index in [-0.39, 0.29) is 6.04 Å². The summed E-state index contributed by atoms with van der Waals surface area (Å²) < 4.78 is 0. The Morgan fingerprint density at radius 2 is 2.06 bits per heavy atom. The van der Waals surface area contributed by atoms with E-state index in [2.05, 4.69) is 30.9 Å². The van der Waals surface area contributed by atoms with Gasteiger partial charge in [0.25, 0.3) is 0 Å². The molecule has 1 rings (SSSR count). The molecule has 1 atom stereocenters. The number of anilines is 1. The minimum Gasteiger partial charge on any atom is -0.371 e. The summed E-state index contributed by atoms with van der Waals surface area (Å²) in [4.78, 5) is 2.30. The smallest absolute Gasteiger partial charge is 0.0642 e. The van der Waals surface area contributed by atoms with E-state index in [1.165, 1.54) is 5.56 Å². The van der Waals surface area contributed by atoms with Gasteiger partial charge in [-0.25, -0.2) is 0 Å². The van der Waals surface area contributed by atoms with Crippen molar-refractivity contribution in [2.45, 2.75) is 39.7 Å². The zero-order valence-corrected chi connectivity index (χ0v) is 11.8. The van der Waals surface area contributed by atoms with Crippen LogP contribution in [-0.2, 0) is 6.42 Å². The van der Waals surface area contributed by atoms with Crippen LogP contribution in [0.1, 0.15) is 32.8 Å². The summed E-state index contributed by atoms with van der Waals surface area (Å²) in [5, 5.41) is 0.832. The summed E-state index contributed by atoms with van der Waals surface area (Å²) in [5.41, 5.74) is 8.13. The molecule has 0 heterocycles. The van der Waals surface area contributed by atoms with Crippen LogP contribution in [-0.4, -0.2) is 19.1 Å². The molecular weight excluding hydrogens is 232 g/mol. The fourth-order valence-corrected chi connectivity index (χ4v) is 2.35. The molecule has 0 aliphatic rings. The van der Waals surface area contributed by atoms with E-state index in [1.54, 1.807) is 0 Å². The molecule has 0 fully saturated rings. The standard InChI is InChI=1S/C14H23ClN2/c1-4-8-17(5-2)14-7-6-12(9-11(3)16)10-13(14)15/h6-7,10-11H,4-5,8-9,16H2,1-3H3. The Balaban J connectivity index is 2.87. The predicted octanol–water partition coefficient (Wildman–Crippen LogP) is 3.47. The molecule has 1 aromatic carbocycles. The molecular formula is C14H23ClN2. The minimum atomic E-state index is 0.176. The highest BCUT2D eigenvalue weighted by Gasteiger charge is 2.09. The molecule has 0 bridgehead atoms. The van der Waals surface area contributed by atoms with Crippen molar-refractivity contribution in [3.63, 3.8) is 0 Å². The van der Waals surface area contributed by atoms with Gasteiger partial charge in [0.2, 0.25) is 0 Å². The monoisotopic (exact) mass is 254 g/mol. The first-order chi connectivity index (χ1) is 8.08. The van der Waals surface area contributed by atoms with Crippen molar-refractivity contribution in [1.82, 2.24) is 0 Å². The average molecular weight is 255 g/mol. The topological polar surface area (TPSA) is 29.3 Å². The van der Waals surface area contributed by atoms with E-state index in [0.29, 0.717) is 0 Å². The van der Waals surface area contributed by atoms with Gasteiger partial charge < -0.3 is 10.6 Å². The molecule has 96 valence electrons. The number of rotatable bonds is 6. The molecule has 2 N–H and O–H groups in total. The molecule has 0 spiro atoms. The highest BCUT2D eigenvalue weighted by atomic mass is 35.5. The maximum absolute atomic E-state index is 6.34. The molecule has 0 aromatic heterocycles. The maximum atomic E-state index is 6.34. The third-order valence-corrected chi connectivity index (χ3v) is 3.09. The van der Waals surface area contributed by atoms with Gasteiger partial charge in [0.1, 0.15) is 0 Å². The number of nitrogens with two attached hydrogens (primary N) is 1. The molecule has 0 aliphatic heterocycles. The van der Waals surface area contributed by atoms with Crippen LogP contribution in [0.25, 0.3) is 0 Å². The number of halogens is 1. The fourth-order valence-electron chi connectivity index (χ4n) is 2.02. The summed E-state index contributed by atoms with van der Waals surface area (Å²) >= 11 is 6.34. The van der Waals surface area contributed by atoms with E-state index < -0.39 is 0 Å². The van der Waals surface area contributed by atoms with Crippen molar-refractivity contribution in [1.29, 1.82) is 0 Å². The van der Waals surface area contributed by atoms with Crippen LogP contribution in [0.2, 0.25) is 5.02 Å². The highest BCUT2D eigenvalue weighted by Crippen LogP contribution is 2.27. The quantitative estimate of drug-likeness (QED) is 0.842. The van der Waals surface area contributed by atoms with Gasteiger partial charge in [-0.1, -0.05) is 24.6 Å². The average Bonchev–Trinajstić information content (AvgIpc) is 2.26. The Labute approximate surface area is 110 Å². The summed E-state index contributed by atoms with van der Waals surface area (Å²) in [5.74, 6) is 0. The van der Waals surface area contributed by atoms with Crippen LogP contribution in [0.4, 0.5) is 5.69 Å². The Bertz CT molecular complexity index is 350. The third-order valence-electron chi connectivity index (χ3n) is 2.79. The molecule has 1 aromatic rings. The summed E-state index contributed by atoms with van der Waals surface area (Å²) in [6.45, 7) is 8.38. The van der Waals surface area contributed by atoms with Gasteiger partial charge in [-0.05, 0) is 44.4 Å². The summed E-state index contributed by atoms with van der Waals surface area (Å²) in [6.07, 6.45) is 2.01. The lowest BCUT2D eigenvalue weighted by molar-refractivity contribution is 0.737. The van der Waals surface area contributed by atoms with Crippen molar-refractivity contribution in [2.24, 2.45) is 5.73 Å². The first-order valence-electron chi connectivity index (χ1n) is 6.37. The van der Waals surface area contributed by atoms with Crippen LogP contribution >= 0.6 is 11.6 Å². The zero-order chi connectivity index (χ0) is 12.8. The lowest BCUT2D eigenvalue weighted by Gasteiger charge is -2.24. The van der Waals surface area contributed by atoms with E-state index in [0.717, 1.165) is 36.6 Å². The molecule has 0 radical (unpaired) electrons. The second kappa shape index (κ2) is 6.87. The van der Waals surface area contributed by atoms with E-state index >= 15 is 0 Å². The van der Waals surface area contributed by atoms with Gasteiger partial charge in [-0.3, -0.25) is 0 Å². The van der Waals surface area contributed by atoms with Crippen LogP contribution < -0.4 is 10.6 Å². The summed E-state index contributed by atoms with van der Waals surface area (Å²) in [7, 11) is 0. The van der Waals surface area contributed by atoms with E-state index in [1.807, 2.05) is 13.0 Å². The number of benzene rings is 1. The molecule has 17 heavy (non-hydrogen) atoms. The highest BCUT2D eigenvalue weighted by molar-refractivity contribution is 6.33. The predicted molar refractivity (Wildman–Crippen MR) is 77.0 cm³/mol. The fraction of sp³-hybridized carbons (Fsp3) is 0.571. The number of hydrogen-bond donors (Lipinski definition) is 1. The largest absolute Gasteiger partial charge is 0.371 e. The number of nitrogens with zero attached hydrogens (tertiary/aromatic N) is 1. The first-order valence-corrected chi connectivity index (χ1v) is 6.75. The molecule has 0 saturated heterocycles.